The second-order valence-corrected chi connectivity index (χ2v) is 1.72. The Bertz CT molecular complexity index is 27.2. The molecule has 40 valence electrons. The van der Waals surface area contributed by atoms with Crippen LogP contribution in [0.5, 0.6) is 0 Å². The molecule has 0 atom stereocenters. The molecule has 3 N–H and O–H groups in total. The molecule has 0 amide bonds. The van der Waals surface area contributed by atoms with Gasteiger partial charge in [-0.1, -0.05) is 0 Å². The Morgan fingerprint density at radius 1 is 1.14 bits per heavy atom. The van der Waals surface area contributed by atoms with Crippen molar-refractivity contribution >= 4 is 9.05 Å². The fourth-order valence-electron chi connectivity index (χ4n) is 0. The minimum absolute atomic E-state index is 0. The van der Waals surface area contributed by atoms with Crippen molar-refractivity contribution in [2.45, 2.75) is 0 Å². The van der Waals surface area contributed by atoms with E-state index < -0.39 is 9.05 Å². The summed E-state index contributed by atoms with van der Waals surface area (Å²) in [6.07, 6.45) is 0. The molecule has 0 aromatic rings. The van der Waals surface area contributed by atoms with Crippen LogP contribution >= 0.6 is 0 Å². The fourth-order valence-corrected chi connectivity index (χ4v) is 0. The molecule has 7 heteroatoms. The summed E-state index contributed by atoms with van der Waals surface area (Å²) in [6, 6.07) is 0. The van der Waals surface area contributed by atoms with Crippen LogP contribution in [0.1, 0.15) is 0 Å². The van der Waals surface area contributed by atoms with Crippen LogP contribution in [0.2, 0.25) is 0 Å². The molecule has 0 fully saturated rings. The molecule has 0 aliphatic heterocycles. The molecule has 7 heavy (non-hydrogen) atoms. The molecule has 0 aliphatic carbocycles. The van der Waals surface area contributed by atoms with Gasteiger partial charge in [0.15, 0.2) is 0 Å². The third-order valence-electron chi connectivity index (χ3n) is 0. The zero-order chi connectivity index (χ0) is 4.50. The Morgan fingerprint density at radius 2 is 1.14 bits per heavy atom. The Labute approximate surface area is 53.0 Å². The summed E-state index contributed by atoms with van der Waals surface area (Å²) in [5.41, 5.74) is 0. The maximum atomic E-state index is 8.91. The van der Waals surface area contributed by atoms with Crippen molar-refractivity contribution in [2.24, 2.45) is 0 Å². The van der Waals surface area contributed by atoms with Gasteiger partial charge in [-0.15, -0.1) is 0 Å². The van der Waals surface area contributed by atoms with Crippen molar-refractivity contribution in [3.63, 3.8) is 0 Å². The summed E-state index contributed by atoms with van der Waals surface area (Å²) >= 11 is 0. The van der Waals surface area contributed by atoms with Crippen molar-refractivity contribution in [3.8, 4) is 0 Å². The zero-order valence-electron chi connectivity index (χ0n) is 3.33. The largest absolute Gasteiger partial charge is 2.00 e. The summed E-state index contributed by atoms with van der Waals surface area (Å²) in [6.45, 7) is 0. The smallest absolute Gasteiger partial charge is 1.00 e. The molecule has 0 saturated carbocycles. The third-order valence-corrected chi connectivity index (χ3v) is 0. The van der Waals surface area contributed by atoms with Crippen molar-refractivity contribution in [1.82, 2.24) is 0 Å². The van der Waals surface area contributed by atoms with E-state index in [9.17, 15) is 0 Å². The second kappa shape index (κ2) is 4.76. The zero-order valence-corrected chi connectivity index (χ0v) is 7.30. The molecule has 0 bridgehead atoms. The van der Waals surface area contributed by atoms with E-state index in [1.165, 1.54) is 0 Å². The van der Waals surface area contributed by atoms with Gasteiger partial charge in [-0.3, -0.25) is 0 Å². The Kier molecular flexibility index (Phi) is 10.6. The predicted octanol–water partition coefficient (Wildman–Crippen LogP) is -6.24. The minimum atomic E-state index is -4.86. The van der Waals surface area contributed by atoms with Crippen LogP contribution in [0, 0.1) is 0 Å². The van der Waals surface area contributed by atoms with Crippen LogP contribution in [0.25, 0.3) is 0 Å². The van der Waals surface area contributed by atoms with E-state index in [0.717, 1.165) is 0 Å². The third kappa shape index (κ3) is 377. The van der Waals surface area contributed by atoms with Gasteiger partial charge < -0.3 is 23.9 Å². The number of halogens is 1. The van der Waals surface area contributed by atoms with E-state index in [0.29, 0.717) is 0 Å². The first-order valence-electron chi connectivity index (χ1n) is 0.875. The number of hydrogen-bond acceptors (Lipinski definition) is 4. The summed E-state index contributed by atoms with van der Waals surface area (Å²) in [5, 5.41) is 0. The van der Waals surface area contributed by atoms with Crippen LogP contribution in [0.3, 0.4) is 0 Å². The van der Waals surface area contributed by atoms with Gasteiger partial charge in [-0.05, 0) is 0 Å². The van der Waals surface area contributed by atoms with E-state index in [2.05, 4.69) is 0 Å². The Hall–Kier alpha value is 0.610. The number of rotatable bonds is 0. The van der Waals surface area contributed by atoms with E-state index in [-0.39, 0.29) is 24.2 Å². The van der Waals surface area contributed by atoms with Crippen LogP contribution in [0.15, 0.2) is 0 Å². The topological polar surface area (TPSA) is 83.8 Å². The average molecular weight is 179 g/mol. The maximum absolute atomic E-state index is 8.91. The van der Waals surface area contributed by atoms with Gasteiger partial charge >= 0.3 is 28.5 Å². The molecule has 0 spiro atoms. The Morgan fingerprint density at radius 3 is 1.14 bits per heavy atom. The van der Waals surface area contributed by atoms with Gasteiger partial charge in [-0.2, -0.15) is 0 Å². The molecule has 0 aliphatic rings. The first kappa shape index (κ1) is 15.6. The van der Waals surface area contributed by atoms with Crippen molar-refractivity contribution in [1.29, 1.82) is 0 Å². The summed E-state index contributed by atoms with van der Waals surface area (Å²) in [4.78, 5) is 30.6. The molecule has 0 heterocycles. The van der Waals surface area contributed by atoms with Gasteiger partial charge in [0, 0.05) is 0 Å². The second-order valence-electron chi connectivity index (χ2n) is 0.574. The first-order chi connectivity index (χ1) is 2.00. The normalized spacial score (nSPS) is 8.57. The first-order valence-corrected chi connectivity index (χ1v) is 2.62. The predicted molar refractivity (Wildman–Crippen MR) is 12.4 cm³/mol. The van der Waals surface area contributed by atoms with E-state index in [1.54, 1.807) is 0 Å². The van der Waals surface area contributed by atoms with Crippen molar-refractivity contribution in [2.75, 3.05) is 0 Å². The summed E-state index contributed by atoms with van der Waals surface area (Å²) < 4.78 is 0. The fraction of sp³-hybridized carbons (Fsp3) is 0. The molecule has 0 rings (SSSR count). The van der Waals surface area contributed by atoms with E-state index >= 15 is 0 Å². The minimum Gasteiger partial charge on any atom is -1.00 e. The van der Waals surface area contributed by atoms with Crippen LogP contribution in [-0.4, -0.2) is 23.4 Å². The van der Waals surface area contributed by atoms with E-state index in [1.807, 2.05) is 0 Å². The van der Waals surface area contributed by atoms with Gasteiger partial charge in [0.2, 0.25) is 0 Å². The quantitative estimate of drug-likeness (QED) is 0.323. The van der Waals surface area contributed by atoms with Crippen molar-refractivity contribution in [3.05, 3.63) is 0 Å². The van der Waals surface area contributed by atoms with E-state index in [4.69, 9.17) is 19.2 Å². The van der Waals surface area contributed by atoms with Crippen LogP contribution in [0.4, 0.5) is 0 Å². The molecule has 0 aromatic heterocycles. The van der Waals surface area contributed by atoms with Gasteiger partial charge in [0.1, 0.15) is 0 Å². The molecular weight excluding hydrogens is 176 g/mol. The van der Waals surface area contributed by atoms with Gasteiger partial charge in [-0.25, -0.2) is 0 Å². The summed E-state index contributed by atoms with van der Waals surface area (Å²) in [5.74, 6) is 0. The molecule has 0 aromatic carbocycles. The molecule has 0 unspecified atom stereocenters. The van der Waals surface area contributed by atoms with Gasteiger partial charge in [0.05, 0.1) is 0 Å². The monoisotopic (exact) mass is 178 g/mol. The maximum Gasteiger partial charge on any atom is 2.00 e. The van der Waals surface area contributed by atoms with Crippen molar-refractivity contribution < 1.29 is 43.4 Å². The molecular formula is H3FO4SiZn. The molecule has 0 saturated heterocycles. The standard InChI is InChI=1S/FH.H3O4Si.Zn/c;1-5(2,3)4;/h1H;1-3H;/q;-1;+2/p-1. The van der Waals surface area contributed by atoms with Gasteiger partial charge in [0.25, 0.3) is 0 Å². The average Bonchev–Trinajstić information content (AvgIpc) is 0.722. The SMILES string of the molecule is [F-].[O-][Si](O)(O)O.[Zn+2]. The summed E-state index contributed by atoms with van der Waals surface area (Å²) in [7, 11) is -4.86. The number of hydrogen-bond donors (Lipinski definition) is 3. The van der Waals surface area contributed by atoms with Crippen LogP contribution < -0.4 is 9.50 Å². The Balaban J connectivity index is -0.0000000800. The molecule has 0 radical (unpaired) electrons. The molecule has 4 nitrogen and oxygen atoms in total. The van der Waals surface area contributed by atoms with Crippen LogP contribution in [-0.2, 0) is 19.5 Å².